The molecule has 2 atom stereocenters. The minimum absolute atomic E-state index is 0.0357. The molecular weight excluding hydrogens is 352 g/mol. The first-order chi connectivity index (χ1) is 13.1. The average molecular weight is 383 g/mol. The molecular formula is C23H30N2OS. The van der Waals surface area contributed by atoms with Crippen LogP contribution in [-0.4, -0.2) is 24.7 Å². The highest BCUT2D eigenvalue weighted by Crippen LogP contribution is 2.25. The maximum absolute atomic E-state index is 12.2. The molecule has 1 aliphatic rings. The topological polar surface area (TPSA) is 32.3 Å². The summed E-state index contributed by atoms with van der Waals surface area (Å²) >= 11 is 1.72. The fourth-order valence-electron chi connectivity index (χ4n) is 3.57. The lowest BCUT2D eigenvalue weighted by Gasteiger charge is -2.33. The first-order valence-electron chi connectivity index (χ1n) is 9.94. The Labute approximate surface area is 167 Å². The van der Waals surface area contributed by atoms with E-state index in [1.54, 1.807) is 11.8 Å². The molecule has 4 heteroatoms. The zero-order chi connectivity index (χ0) is 19.1. The van der Waals surface area contributed by atoms with Crippen LogP contribution in [0.4, 0.5) is 5.69 Å². The van der Waals surface area contributed by atoms with Gasteiger partial charge in [0, 0.05) is 35.8 Å². The molecule has 27 heavy (non-hydrogen) atoms. The molecule has 2 aromatic carbocycles. The third-order valence-electron chi connectivity index (χ3n) is 5.13. The van der Waals surface area contributed by atoms with Gasteiger partial charge in [-0.05, 0) is 55.5 Å². The average Bonchev–Trinajstić information content (AvgIpc) is 2.69. The SMILES string of the molecule is C[C@@H]1CCCN(c2ccc([C@H](C)NC(=O)CCSc3ccccc3)cc2)C1. The summed E-state index contributed by atoms with van der Waals surface area (Å²) in [6.07, 6.45) is 3.14. The lowest BCUT2D eigenvalue weighted by molar-refractivity contribution is -0.121. The molecule has 1 fully saturated rings. The van der Waals surface area contributed by atoms with E-state index in [0.29, 0.717) is 6.42 Å². The van der Waals surface area contributed by atoms with Crippen molar-refractivity contribution in [2.24, 2.45) is 5.92 Å². The van der Waals surface area contributed by atoms with Crippen molar-refractivity contribution in [2.45, 2.75) is 44.0 Å². The van der Waals surface area contributed by atoms with E-state index < -0.39 is 0 Å². The van der Waals surface area contributed by atoms with Crippen LogP contribution in [-0.2, 0) is 4.79 Å². The van der Waals surface area contributed by atoms with Crippen LogP contribution in [0, 0.1) is 5.92 Å². The largest absolute Gasteiger partial charge is 0.371 e. The highest BCUT2D eigenvalue weighted by Gasteiger charge is 2.17. The van der Waals surface area contributed by atoms with Crippen LogP contribution in [0.15, 0.2) is 59.5 Å². The zero-order valence-electron chi connectivity index (χ0n) is 16.4. The highest BCUT2D eigenvalue weighted by atomic mass is 32.2. The van der Waals surface area contributed by atoms with E-state index in [2.05, 4.69) is 60.5 Å². The third-order valence-corrected chi connectivity index (χ3v) is 6.15. The fraction of sp³-hybridized carbons (Fsp3) is 0.435. The molecule has 2 aromatic rings. The van der Waals surface area contributed by atoms with Crippen molar-refractivity contribution in [3.8, 4) is 0 Å². The molecule has 0 aliphatic carbocycles. The molecule has 3 nitrogen and oxygen atoms in total. The third kappa shape index (κ3) is 6.03. The van der Waals surface area contributed by atoms with E-state index >= 15 is 0 Å². The summed E-state index contributed by atoms with van der Waals surface area (Å²) in [7, 11) is 0. The minimum atomic E-state index is 0.0357. The number of carbonyl (C=O) groups is 1. The van der Waals surface area contributed by atoms with Gasteiger partial charge in [0.2, 0.25) is 5.91 Å². The summed E-state index contributed by atoms with van der Waals surface area (Å²) in [5, 5.41) is 3.12. The van der Waals surface area contributed by atoms with E-state index in [9.17, 15) is 4.79 Å². The molecule has 0 radical (unpaired) electrons. The zero-order valence-corrected chi connectivity index (χ0v) is 17.2. The fourth-order valence-corrected chi connectivity index (χ4v) is 4.45. The van der Waals surface area contributed by atoms with Gasteiger partial charge >= 0.3 is 0 Å². The second-order valence-corrected chi connectivity index (χ2v) is 8.65. The molecule has 0 spiro atoms. The number of carbonyl (C=O) groups excluding carboxylic acids is 1. The van der Waals surface area contributed by atoms with Crippen molar-refractivity contribution in [1.82, 2.24) is 5.32 Å². The number of piperidine rings is 1. The number of nitrogens with zero attached hydrogens (tertiary/aromatic N) is 1. The summed E-state index contributed by atoms with van der Waals surface area (Å²) in [5.41, 5.74) is 2.45. The van der Waals surface area contributed by atoms with Crippen molar-refractivity contribution in [3.63, 3.8) is 0 Å². The predicted octanol–water partition coefficient (Wildman–Crippen LogP) is 5.28. The van der Waals surface area contributed by atoms with E-state index in [-0.39, 0.29) is 11.9 Å². The first-order valence-corrected chi connectivity index (χ1v) is 10.9. The summed E-state index contributed by atoms with van der Waals surface area (Å²) in [5.74, 6) is 1.68. The number of anilines is 1. The Morgan fingerprint density at radius 1 is 1.19 bits per heavy atom. The maximum atomic E-state index is 12.2. The molecule has 0 saturated carbocycles. The first kappa shape index (κ1) is 19.8. The van der Waals surface area contributed by atoms with Gasteiger partial charge in [0.25, 0.3) is 0 Å². The Balaban J connectivity index is 1.45. The van der Waals surface area contributed by atoms with Gasteiger partial charge in [-0.1, -0.05) is 37.3 Å². The van der Waals surface area contributed by atoms with Gasteiger partial charge in [-0.15, -0.1) is 11.8 Å². The number of thioether (sulfide) groups is 1. The van der Waals surface area contributed by atoms with Crippen molar-refractivity contribution in [3.05, 3.63) is 60.2 Å². The molecule has 144 valence electrons. The smallest absolute Gasteiger partial charge is 0.221 e. The number of hydrogen-bond donors (Lipinski definition) is 1. The molecule has 0 bridgehead atoms. The maximum Gasteiger partial charge on any atom is 0.221 e. The Kier molecular flexibility index (Phi) is 7.22. The van der Waals surface area contributed by atoms with Crippen LogP contribution in [0.25, 0.3) is 0 Å². The molecule has 0 unspecified atom stereocenters. The highest BCUT2D eigenvalue weighted by molar-refractivity contribution is 7.99. The van der Waals surface area contributed by atoms with Crippen LogP contribution in [0.2, 0.25) is 0 Å². The van der Waals surface area contributed by atoms with Gasteiger partial charge in [0.1, 0.15) is 0 Å². The number of rotatable bonds is 7. The molecule has 1 aliphatic heterocycles. The van der Waals surface area contributed by atoms with E-state index in [1.165, 1.54) is 23.4 Å². The Hall–Kier alpha value is -1.94. The van der Waals surface area contributed by atoms with Crippen LogP contribution >= 0.6 is 11.8 Å². The Morgan fingerprint density at radius 3 is 2.63 bits per heavy atom. The van der Waals surface area contributed by atoms with Gasteiger partial charge < -0.3 is 10.2 Å². The van der Waals surface area contributed by atoms with Gasteiger partial charge in [-0.3, -0.25) is 4.79 Å². The molecule has 1 amide bonds. The molecule has 0 aromatic heterocycles. The summed E-state index contributed by atoms with van der Waals surface area (Å²) < 4.78 is 0. The van der Waals surface area contributed by atoms with Gasteiger partial charge in [0.15, 0.2) is 0 Å². The van der Waals surface area contributed by atoms with E-state index in [4.69, 9.17) is 0 Å². The normalized spacial score (nSPS) is 18.1. The van der Waals surface area contributed by atoms with E-state index in [1.807, 2.05) is 18.2 Å². The monoisotopic (exact) mass is 382 g/mol. The second kappa shape index (κ2) is 9.84. The quantitative estimate of drug-likeness (QED) is 0.661. The standard InChI is InChI=1S/C23H30N2OS/c1-18-7-6-15-25(17-18)21-12-10-20(11-13-21)19(2)24-23(26)14-16-27-22-8-4-3-5-9-22/h3-5,8-13,18-19H,6-7,14-17H2,1-2H3,(H,24,26)/t18-,19+/m1/s1. The van der Waals surface area contributed by atoms with Gasteiger partial charge in [-0.2, -0.15) is 0 Å². The van der Waals surface area contributed by atoms with Crippen molar-refractivity contribution in [1.29, 1.82) is 0 Å². The minimum Gasteiger partial charge on any atom is -0.371 e. The Bertz CT molecular complexity index is 717. The number of amides is 1. The number of nitrogens with one attached hydrogen (secondary N) is 1. The lowest BCUT2D eigenvalue weighted by Crippen LogP contribution is -2.34. The molecule has 1 N–H and O–H groups in total. The van der Waals surface area contributed by atoms with Crippen LogP contribution in [0.1, 0.15) is 44.7 Å². The predicted molar refractivity (Wildman–Crippen MR) is 115 cm³/mol. The molecule has 1 heterocycles. The van der Waals surface area contributed by atoms with Crippen molar-refractivity contribution >= 4 is 23.4 Å². The van der Waals surface area contributed by atoms with Gasteiger partial charge in [-0.25, -0.2) is 0 Å². The summed E-state index contributed by atoms with van der Waals surface area (Å²) in [6.45, 7) is 6.67. The second-order valence-electron chi connectivity index (χ2n) is 7.49. The Morgan fingerprint density at radius 2 is 1.93 bits per heavy atom. The van der Waals surface area contributed by atoms with Crippen LogP contribution in [0.5, 0.6) is 0 Å². The number of hydrogen-bond acceptors (Lipinski definition) is 3. The van der Waals surface area contributed by atoms with Crippen LogP contribution < -0.4 is 10.2 Å². The van der Waals surface area contributed by atoms with Crippen LogP contribution in [0.3, 0.4) is 0 Å². The van der Waals surface area contributed by atoms with Crippen molar-refractivity contribution < 1.29 is 4.79 Å². The molecule has 1 saturated heterocycles. The van der Waals surface area contributed by atoms with E-state index in [0.717, 1.165) is 30.3 Å². The van der Waals surface area contributed by atoms with Crippen molar-refractivity contribution in [2.75, 3.05) is 23.7 Å². The summed E-state index contributed by atoms with van der Waals surface area (Å²) in [4.78, 5) is 15.9. The lowest BCUT2D eigenvalue weighted by atomic mass is 9.99. The van der Waals surface area contributed by atoms with Gasteiger partial charge in [0.05, 0.1) is 6.04 Å². The number of benzene rings is 2. The summed E-state index contributed by atoms with van der Waals surface area (Å²) in [6, 6.07) is 19.0. The molecule has 3 rings (SSSR count).